The minimum absolute atomic E-state index is 0.249. The zero-order valence-corrected chi connectivity index (χ0v) is 13.2. The fraction of sp³-hybridized carbons (Fsp3) is 0.222. The highest BCUT2D eigenvalue weighted by Gasteiger charge is 2.15. The van der Waals surface area contributed by atoms with Crippen molar-refractivity contribution in [2.45, 2.75) is 6.54 Å². The standard InChI is InChI=1S/C18H18N4O/c1-21(2)9-10-22-16-8-7-12(23)11-13(16)17-18(22)20-15-6-4-3-5-14(15)19-17/h3-8,11,23H,9-10H2,1-2H3. The first-order valence-corrected chi connectivity index (χ1v) is 7.66. The Bertz CT molecular complexity index is 1020. The lowest BCUT2D eigenvalue weighted by atomic mass is 10.2. The second kappa shape index (κ2) is 5.21. The number of aromatic hydroxyl groups is 1. The van der Waals surface area contributed by atoms with Crippen molar-refractivity contribution in [3.63, 3.8) is 0 Å². The number of hydrogen-bond acceptors (Lipinski definition) is 4. The second-order valence-corrected chi connectivity index (χ2v) is 6.04. The van der Waals surface area contributed by atoms with Crippen molar-refractivity contribution in [3.8, 4) is 5.75 Å². The van der Waals surface area contributed by atoms with Gasteiger partial charge in [0, 0.05) is 18.5 Å². The van der Waals surface area contributed by atoms with Crippen LogP contribution >= 0.6 is 0 Å². The van der Waals surface area contributed by atoms with Crippen LogP contribution in [0.4, 0.5) is 0 Å². The topological polar surface area (TPSA) is 54.2 Å². The number of hydrogen-bond donors (Lipinski definition) is 1. The van der Waals surface area contributed by atoms with Gasteiger partial charge in [0.2, 0.25) is 0 Å². The number of benzene rings is 2. The molecule has 2 aromatic heterocycles. The molecule has 1 N–H and O–H groups in total. The molecular weight excluding hydrogens is 288 g/mol. The highest BCUT2D eigenvalue weighted by Crippen LogP contribution is 2.30. The third-order valence-corrected chi connectivity index (χ3v) is 4.10. The monoisotopic (exact) mass is 306 g/mol. The van der Waals surface area contributed by atoms with Crippen LogP contribution in [0.2, 0.25) is 0 Å². The molecule has 0 amide bonds. The smallest absolute Gasteiger partial charge is 0.160 e. The molecule has 0 atom stereocenters. The number of phenols is 1. The minimum atomic E-state index is 0.249. The number of phenolic OH excluding ortho intramolecular Hbond substituents is 1. The van der Waals surface area contributed by atoms with Gasteiger partial charge in [-0.25, -0.2) is 9.97 Å². The average molecular weight is 306 g/mol. The summed E-state index contributed by atoms with van der Waals surface area (Å²) in [6.07, 6.45) is 0. The van der Waals surface area contributed by atoms with Gasteiger partial charge in [0.05, 0.1) is 16.6 Å². The van der Waals surface area contributed by atoms with E-state index in [9.17, 15) is 5.11 Å². The zero-order chi connectivity index (χ0) is 16.0. The Labute approximate surface area is 133 Å². The molecule has 5 nitrogen and oxygen atoms in total. The van der Waals surface area contributed by atoms with Gasteiger partial charge in [0.25, 0.3) is 0 Å². The van der Waals surface area contributed by atoms with Crippen LogP contribution in [0, 0.1) is 0 Å². The summed E-state index contributed by atoms with van der Waals surface area (Å²) >= 11 is 0. The molecule has 2 heterocycles. The van der Waals surface area contributed by atoms with E-state index >= 15 is 0 Å². The van der Waals surface area contributed by atoms with Gasteiger partial charge >= 0.3 is 0 Å². The Kier molecular flexibility index (Phi) is 3.16. The molecule has 0 radical (unpaired) electrons. The fourth-order valence-electron chi connectivity index (χ4n) is 2.95. The summed E-state index contributed by atoms with van der Waals surface area (Å²) in [7, 11) is 4.11. The molecule has 0 fully saturated rings. The lowest BCUT2D eigenvalue weighted by Gasteiger charge is -2.12. The van der Waals surface area contributed by atoms with E-state index in [-0.39, 0.29) is 5.75 Å². The fourth-order valence-corrected chi connectivity index (χ4v) is 2.95. The molecule has 0 saturated heterocycles. The SMILES string of the molecule is CN(C)CCn1c2ccc(O)cc2c2nc3ccccc3nc21. The van der Waals surface area contributed by atoms with Gasteiger partial charge in [0.15, 0.2) is 5.65 Å². The first-order valence-electron chi connectivity index (χ1n) is 7.66. The molecule has 0 aliphatic rings. The van der Waals surface area contributed by atoms with Crippen molar-refractivity contribution < 1.29 is 5.11 Å². The molecule has 5 heteroatoms. The molecule has 0 unspecified atom stereocenters. The molecule has 4 rings (SSSR count). The number of aromatic nitrogens is 3. The maximum atomic E-state index is 9.86. The molecule has 0 bridgehead atoms. The van der Waals surface area contributed by atoms with Crippen molar-refractivity contribution in [3.05, 3.63) is 42.5 Å². The maximum absolute atomic E-state index is 9.86. The van der Waals surface area contributed by atoms with Gasteiger partial charge in [-0.3, -0.25) is 0 Å². The Hall–Kier alpha value is -2.66. The number of rotatable bonds is 3. The van der Waals surface area contributed by atoms with E-state index in [4.69, 9.17) is 9.97 Å². The van der Waals surface area contributed by atoms with Crippen LogP contribution in [-0.4, -0.2) is 45.2 Å². The Morgan fingerprint density at radius 1 is 1.04 bits per heavy atom. The summed E-state index contributed by atoms with van der Waals surface area (Å²) in [5.74, 6) is 0.249. The lowest BCUT2D eigenvalue weighted by Crippen LogP contribution is -2.18. The lowest BCUT2D eigenvalue weighted by molar-refractivity contribution is 0.389. The van der Waals surface area contributed by atoms with Crippen LogP contribution in [0.15, 0.2) is 42.5 Å². The van der Waals surface area contributed by atoms with E-state index in [0.717, 1.165) is 46.2 Å². The van der Waals surface area contributed by atoms with Gasteiger partial charge in [-0.1, -0.05) is 12.1 Å². The first kappa shape index (κ1) is 14.0. The normalized spacial score (nSPS) is 12.0. The number of likely N-dealkylation sites (N-methyl/N-ethyl adjacent to an activating group) is 1. The van der Waals surface area contributed by atoms with Gasteiger partial charge in [-0.2, -0.15) is 0 Å². The summed E-state index contributed by atoms with van der Waals surface area (Å²) in [6.45, 7) is 1.74. The molecule has 0 saturated carbocycles. The summed E-state index contributed by atoms with van der Waals surface area (Å²) in [5.41, 5.74) is 4.52. The van der Waals surface area contributed by atoms with Crippen molar-refractivity contribution >= 4 is 33.1 Å². The molecular formula is C18H18N4O. The first-order chi connectivity index (χ1) is 11.1. The van der Waals surface area contributed by atoms with Crippen LogP contribution < -0.4 is 0 Å². The van der Waals surface area contributed by atoms with E-state index in [1.807, 2.05) is 30.3 Å². The van der Waals surface area contributed by atoms with E-state index in [1.54, 1.807) is 12.1 Å². The highest BCUT2D eigenvalue weighted by molar-refractivity contribution is 6.06. The van der Waals surface area contributed by atoms with Gasteiger partial charge < -0.3 is 14.6 Å². The van der Waals surface area contributed by atoms with Crippen LogP contribution in [0.1, 0.15) is 0 Å². The largest absolute Gasteiger partial charge is 0.508 e. The van der Waals surface area contributed by atoms with Gasteiger partial charge in [0.1, 0.15) is 11.3 Å². The predicted octanol–water partition coefficient (Wildman–Crippen LogP) is 3.00. The number of para-hydroxylation sites is 2. The zero-order valence-electron chi connectivity index (χ0n) is 13.2. The third-order valence-electron chi connectivity index (χ3n) is 4.10. The van der Waals surface area contributed by atoms with Crippen LogP contribution in [0.5, 0.6) is 5.75 Å². The molecule has 0 aliphatic heterocycles. The maximum Gasteiger partial charge on any atom is 0.160 e. The quantitative estimate of drug-likeness (QED) is 0.632. The summed E-state index contributed by atoms with van der Waals surface area (Å²) < 4.78 is 2.18. The molecule has 4 aromatic rings. The summed E-state index contributed by atoms with van der Waals surface area (Å²) in [4.78, 5) is 11.8. The Balaban J connectivity index is 2.08. The van der Waals surface area contributed by atoms with Crippen molar-refractivity contribution in [2.24, 2.45) is 0 Å². The van der Waals surface area contributed by atoms with Gasteiger partial charge in [-0.15, -0.1) is 0 Å². The van der Waals surface area contributed by atoms with E-state index < -0.39 is 0 Å². The van der Waals surface area contributed by atoms with E-state index in [2.05, 4.69) is 23.6 Å². The average Bonchev–Trinajstić information content (AvgIpc) is 2.83. The molecule has 0 aliphatic carbocycles. The highest BCUT2D eigenvalue weighted by atomic mass is 16.3. The minimum Gasteiger partial charge on any atom is -0.508 e. The van der Waals surface area contributed by atoms with Gasteiger partial charge in [-0.05, 0) is 44.4 Å². The van der Waals surface area contributed by atoms with Crippen LogP contribution in [0.25, 0.3) is 33.1 Å². The molecule has 116 valence electrons. The van der Waals surface area contributed by atoms with Crippen LogP contribution in [0.3, 0.4) is 0 Å². The van der Waals surface area contributed by atoms with Crippen molar-refractivity contribution in [2.75, 3.05) is 20.6 Å². The predicted molar refractivity (Wildman–Crippen MR) is 92.8 cm³/mol. The number of fused-ring (bicyclic) bond motifs is 4. The Morgan fingerprint density at radius 2 is 1.78 bits per heavy atom. The Morgan fingerprint density at radius 3 is 2.52 bits per heavy atom. The molecule has 23 heavy (non-hydrogen) atoms. The number of nitrogens with zero attached hydrogens (tertiary/aromatic N) is 4. The second-order valence-electron chi connectivity index (χ2n) is 6.04. The van der Waals surface area contributed by atoms with E-state index in [1.165, 1.54) is 0 Å². The summed E-state index contributed by atoms with van der Waals surface area (Å²) in [6, 6.07) is 13.3. The molecule has 2 aromatic carbocycles. The van der Waals surface area contributed by atoms with Crippen molar-refractivity contribution in [1.82, 2.24) is 19.4 Å². The van der Waals surface area contributed by atoms with E-state index in [0.29, 0.717) is 0 Å². The molecule has 0 spiro atoms. The van der Waals surface area contributed by atoms with Crippen molar-refractivity contribution in [1.29, 1.82) is 0 Å². The summed E-state index contributed by atoms with van der Waals surface area (Å²) in [5, 5.41) is 10.8. The van der Waals surface area contributed by atoms with Crippen LogP contribution in [-0.2, 0) is 6.54 Å². The third kappa shape index (κ3) is 2.29.